The van der Waals surface area contributed by atoms with E-state index in [0.717, 1.165) is 11.1 Å². The van der Waals surface area contributed by atoms with Gasteiger partial charge in [0.05, 0.1) is 12.0 Å². The minimum atomic E-state index is -0.451. The van der Waals surface area contributed by atoms with Crippen LogP contribution in [0.5, 0.6) is 0 Å². The first-order valence-corrected chi connectivity index (χ1v) is 9.18. The fourth-order valence-corrected chi connectivity index (χ4v) is 3.44. The number of amides is 1. The molecule has 1 amide bonds. The molecule has 0 N–H and O–H groups in total. The van der Waals surface area contributed by atoms with Crippen LogP contribution in [0.1, 0.15) is 28.2 Å². The zero-order chi connectivity index (χ0) is 18.8. The Labute approximate surface area is 158 Å². The predicted molar refractivity (Wildman–Crippen MR) is 98.5 cm³/mol. The van der Waals surface area contributed by atoms with Crippen LogP contribution in [-0.2, 0) is 16.1 Å². The number of nitrogens with zero attached hydrogens (tertiary/aromatic N) is 3. The van der Waals surface area contributed by atoms with Crippen molar-refractivity contribution >= 4 is 28.9 Å². The van der Waals surface area contributed by atoms with E-state index in [-0.39, 0.29) is 25.5 Å². The lowest BCUT2D eigenvalue weighted by Gasteiger charge is -2.16. The molecular formula is C19H15N3O4S. The second kappa shape index (κ2) is 7.16. The Morgan fingerprint density at radius 3 is 2.81 bits per heavy atom. The number of carbonyl (C=O) groups excluding carboxylic acids is 2. The summed E-state index contributed by atoms with van der Waals surface area (Å²) in [4.78, 5) is 30.1. The number of esters is 1. The topological polar surface area (TPSA) is 85.5 Å². The SMILES string of the molecule is C=C1c2ccccc2C(=O)N1CCC(=O)OCc1noc(-c2ccsc2)n1. The molecular weight excluding hydrogens is 366 g/mol. The molecule has 0 bridgehead atoms. The van der Waals surface area contributed by atoms with Crippen LogP contribution in [0.15, 0.2) is 52.2 Å². The summed E-state index contributed by atoms with van der Waals surface area (Å²) in [6, 6.07) is 9.12. The van der Waals surface area contributed by atoms with Gasteiger partial charge in [-0.05, 0) is 17.5 Å². The molecule has 0 spiro atoms. The molecule has 0 unspecified atom stereocenters. The van der Waals surface area contributed by atoms with Crippen LogP contribution >= 0.6 is 11.3 Å². The van der Waals surface area contributed by atoms with Gasteiger partial charge in [-0.3, -0.25) is 9.59 Å². The van der Waals surface area contributed by atoms with Crippen molar-refractivity contribution in [2.75, 3.05) is 6.54 Å². The highest BCUT2D eigenvalue weighted by Crippen LogP contribution is 2.31. The van der Waals surface area contributed by atoms with Gasteiger partial charge in [-0.15, -0.1) is 0 Å². The Morgan fingerprint density at radius 1 is 1.26 bits per heavy atom. The van der Waals surface area contributed by atoms with Gasteiger partial charge in [-0.2, -0.15) is 16.3 Å². The molecule has 2 aromatic heterocycles. The first-order valence-electron chi connectivity index (χ1n) is 8.24. The van der Waals surface area contributed by atoms with Crippen molar-refractivity contribution in [3.05, 3.63) is 64.6 Å². The molecule has 4 rings (SSSR count). The second-order valence-corrected chi connectivity index (χ2v) is 6.67. The summed E-state index contributed by atoms with van der Waals surface area (Å²) in [5, 5.41) is 7.59. The lowest BCUT2D eigenvalue weighted by atomic mass is 10.1. The Hall–Kier alpha value is -3.26. The minimum Gasteiger partial charge on any atom is -0.457 e. The Bertz CT molecular complexity index is 975. The molecule has 0 fully saturated rings. The van der Waals surface area contributed by atoms with E-state index in [2.05, 4.69) is 16.7 Å². The maximum absolute atomic E-state index is 12.4. The van der Waals surface area contributed by atoms with Gasteiger partial charge < -0.3 is 14.2 Å². The van der Waals surface area contributed by atoms with Crippen LogP contribution in [0.2, 0.25) is 0 Å². The van der Waals surface area contributed by atoms with Crippen LogP contribution in [0.25, 0.3) is 17.2 Å². The summed E-state index contributed by atoms with van der Waals surface area (Å²) < 4.78 is 10.3. The Balaban J connectivity index is 1.30. The van der Waals surface area contributed by atoms with Gasteiger partial charge in [0, 0.05) is 28.7 Å². The average molecular weight is 381 g/mol. The van der Waals surface area contributed by atoms with Gasteiger partial charge in [-0.25, -0.2) is 0 Å². The van der Waals surface area contributed by atoms with E-state index in [0.29, 0.717) is 23.0 Å². The van der Waals surface area contributed by atoms with E-state index in [1.54, 1.807) is 12.1 Å². The van der Waals surface area contributed by atoms with Crippen molar-refractivity contribution in [2.45, 2.75) is 13.0 Å². The Kier molecular flexibility index (Phi) is 4.55. The monoisotopic (exact) mass is 381 g/mol. The number of hydrogen-bond acceptors (Lipinski definition) is 7. The first kappa shape index (κ1) is 17.2. The van der Waals surface area contributed by atoms with Crippen molar-refractivity contribution in [2.24, 2.45) is 0 Å². The fourth-order valence-electron chi connectivity index (χ4n) is 2.81. The fraction of sp³-hybridized carbons (Fsp3) is 0.158. The van der Waals surface area contributed by atoms with E-state index in [1.807, 2.05) is 29.0 Å². The molecule has 0 saturated carbocycles. The number of aromatic nitrogens is 2. The molecule has 8 heteroatoms. The van der Waals surface area contributed by atoms with Crippen molar-refractivity contribution in [1.29, 1.82) is 0 Å². The van der Waals surface area contributed by atoms with Gasteiger partial charge >= 0.3 is 5.97 Å². The number of ether oxygens (including phenoxy) is 1. The number of fused-ring (bicyclic) bond motifs is 1. The van der Waals surface area contributed by atoms with Gasteiger partial charge in [0.2, 0.25) is 5.82 Å². The zero-order valence-electron chi connectivity index (χ0n) is 14.3. The van der Waals surface area contributed by atoms with E-state index >= 15 is 0 Å². The molecule has 1 aliphatic heterocycles. The Morgan fingerprint density at radius 2 is 2.07 bits per heavy atom. The molecule has 0 radical (unpaired) electrons. The third-order valence-corrected chi connectivity index (χ3v) is 4.86. The van der Waals surface area contributed by atoms with E-state index in [1.165, 1.54) is 16.2 Å². The van der Waals surface area contributed by atoms with E-state index < -0.39 is 5.97 Å². The second-order valence-electron chi connectivity index (χ2n) is 5.89. The molecule has 3 aromatic rings. The number of benzene rings is 1. The molecule has 3 heterocycles. The van der Waals surface area contributed by atoms with Gasteiger partial charge in [0.15, 0.2) is 6.61 Å². The number of rotatable bonds is 6. The molecule has 136 valence electrons. The number of thiophene rings is 1. The van der Waals surface area contributed by atoms with Crippen molar-refractivity contribution in [3.8, 4) is 11.5 Å². The highest BCUT2D eigenvalue weighted by Gasteiger charge is 2.30. The maximum Gasteiger partial charge on any atom is 0.308 e. The summed E-state index contributed by atoms with van der Waals surface area (Å²) in [6.45, 7) is 4.07. The molecule has 1 aromatic carbocycles. The van der Waals surface area contributed by atoms with E-state index in [4.69, 9.17) is 9.26 Å². The third kappa shape index (κ3) is 3.39. The molecule has 0 atom stereocenters. The normalized spacial score (nSPS) is 13.1. The van der Waals surface area contributed by atoms with Crippen LogP contribution in [-0.4, -0.2) is 33.5 Å². The summed E-state index contributed by atoms with van der Waals surface area (Å²) in [5.41, 5.74) is 2.82. The first-order chi connectivity index (χ1) is 13.1. The third-order valence-electron chi connectivity index (χ3n) is 4.18. The lowest BCUT2D eigenvalue weighted by molar-refractivity contribution is -0.145. The van der Waals surface area contributed by atoms with Gasteiger partial charge in [0.1, 0.15) is 0 Å². The summed E-state index contributed by atoms with van der Waals surface area (Å²) in [7, 11) is 0. The van der Waals surface area contributed by atoms with Crippen molar-refractivity contribution in [3.63, 3.8) is 0 Å². The standard InChI is InChI=1S/C19H15N3O4S/c1-12-14-4-2-3-5-15(14)19(24)22(12)8-6-17(23)25-10-16-20-18(26-21-16)13-7-9-27-11-13/h2-5,7,9,11H,1,6,8,10H2. The van der Waals surface area contributed by atoms with Crippen molar-refractivity contribution in [1.82, 2.24) is 15.0 Å². The highest BCUT2D eigenvalue weighted by molar-refractivity contribution is 7.08. The largest absolute Gasteiger partial charge is 0.457 e. The van der Waals surface area contributed by atoms with Crippen LogP contribution in [0.3, 0.4) is 0 Å². The maximum atomic E-state index is 12.4. The van der Waals surface area contributed by atoms with E-state index in [9.17, 15) is 9.59 Å². The molecule has 0 saturated heterocycles. The molecule has 0 aliphatic carbocycles. The molecule has 7 nitrogen and oxygen atoms in total. The minimum absolute atomic E-state index is 0.0496. The number of carbonyl (C=O) groups is 2. The van der Waals surface area contributed by atoms with Crippen LogP contribution in [0.4, 0.5) is 0 Å². The summed E-state index contributed by atoms with van der Waals surface area (Å²) >= 11 is 1.52. The molecule has 27 heavy (non-hydrogen) atoms. The average Bonchev–Trinajstić information content (AvgIpc) is 3.41. The smallest absolute Gasteiger partial charge is 0.308 e. The van der Waals surface area contributed by atoms with Crippen LogP contribution in [0, 0.1) is 0 Å². The molecule has 1 aliphatic rings. The van der Waals surface area contributed by atoms with Crippen LogP contribution < -0.4 is 0 Å². The van der Waals surface area contributed by atoms with Gasteiger partial charge in [-0.1, -0.05) is 29.9 Å². The quantitative estimate of drug-likeness (QED) is 0.609. The zero-order valence-corrected chi connectivity index (χ0v) is 15.1. The summed E-state index contributed by atoms with van der Waals surface area (Å²) in [6.07, 6.45) is 0.0496. The lowest BCUT2D eigenvalue weighted by Crippen LogP contribution is -2.26. The predicted octanol–water partition coefficient (Wildman–Crippen LogP) is 3.36. The summed E-state index contributed by atoms with van der Waals surface area (Å²) in [5.74, 6) is 0.0769. The van der Waals surface area contributed by atoms with Crippen molar-refractivity contribution < 1.29 is 18.8 Å². The number of hydrogen-bond donors (Lipinski definition) is 0. The van der Waals surface area contributed by atoms with Gasteiger partial charge in [0.25, 0.3) is 11.8 Å². The highest BCUT2D eigenvalue weighted by atomic mass is 32.1.